The first kappa shape index (κ1) is 20.2. The number of hydrogen-bond acceptors (Lipinski definition) is 4. The van der Waals surface area contributed by atoms with Crippen molar-refractivity contribution in [1.29, 1.82) is 0 Å². The molecule has 0 spiro atoms. The lowest BCUT2D eigenvalue weighted by molar-refractivity contribution is 0.455. The number of nitrogens with zero attached hydrogens (tertiary/aromatic N) is 3. The van der Waals surface area contributed by atoms with Crippen molar-refractivity contribution in [3.63, 3.8) is 0 Å². The van der Waals surface area contributed by atoms with Crippen molar-refractivity contribution in [2.24, 2.45) is 0 Å². The van der Waals surface area contributed by atoms with E-state index >= 15 is 0 Å². The van der Waals surface area contributed by atoms with Gasteiger partial charge in [0.1, 0.15) is 17.0 Å². The molecule has 0 aliphatic rings. The van der Waals surface area contributed by atoms with E-state index in [9.17, 15) is 4.79 Å². The zero-order chi connectivity index (χ0) is 22.2. The minimum Gasteiger partial charge on any atom is -0.348 e. The molecule has 2 aromatic heterocycles. The van der Waals surface area contributed by atoms with Gasteiger partial charge in [-0.2, -0.15) is 0 Å². The molecule has 0 N–H and O–H groups in total. The summed E-state index contributed by atoms with van der Waals surface area (Å²) in [5.41, 5.74) is 4.29. The second-order valence-electron chi connectivity index (χ2n) is 7.90. The van der Waals surface area contributed by atoms with Gasteiger partial charge in [0, 0.05) is 16.1 Å². The molecular formula is C26H20ClN3O2. The van der Waals surface area contributed by atoms with E-state index in [1.54, 1.807) is 28.8 Å². The van der Waals surface area contributed by atoms with Gasteiger partial charge in [-0.25, -0.2) is 4.98 Å². The Bertz CT molecular complexity index is 1450. The fourth-order valence-electron chi connectivity index (χ4n) is 3.71. The normalized spacial score (nSPS) is 11.4. The van der Waals surface area contributed by atoms with Crippen LogP contribution in [0.3, 0.4) is 0 Å². The monoisotopic (exact) mass is 441 g/mol. The Balaban J connectivity index is 1.81. The minimum atomic E-state index is -0.324. The molecule has 0 atom stereocenters. The predicted molar refractivity (Wildman–Crippen MR) is 127 cm³/mol. The summed E-state index contributed by atoms with van der Waals surface area (Å²) in [7, 11) is 0. The summed E-state index contributed by atoms with van der Waals surface area (Å²) in [6.07, 6.45) is 0. The van der Waals surface area contributed by atoms with Crippen LogP contribution in [-0.2, 0) is 0 Å². The summed E-state index contributed by atoms with van der Waals surface area (Å²) < 4.78 is 7.03. The molecule has 0 aliphatic heterocycles. The van der Waals surface area contributed by atoms with Crippen LogP contribution in [0.25, 0.3) is 39.4 Å². The van der Waals surface area contributed by atoms with Crippen molar-refractivity contribution in [3.05, 3.63) is 99.8 Å². The zero-order valence-corrected chi connectivity index (χ0v) is 18.4. The third kappa shape index (κ3) is 3.51. The number of aromatic nitrogens is 3. The maximum absolute atomic E-state index is 13.6. The number of hydrogen-bond donors (Lipinski definition) is 0. The van der Waals surface area contributed by atoms with Crippen molar-refractivity contribution in [2.75, 3.05) is 0 Å². The molecule has 5 nitrogen and oxygen atoms in total. The molecule has 5 rings (SSSR count). The van der Waals surface area contributed by atoms with Gasteiger partial charge >= 0.3 is 5.56 Å². The van der Waals surface area contributed by atoms with Gasteiger partial charge in [0.15, 0.2) is 0 Å². The van der Waals surface area contributed by atoms with Crippen LogP contribution >= 0.6 is 11.6 Å². The van der Waals surface area contributed by atoms with Crippen molar-refractivity contribution >= 4 is 22.7 Å². The predicted octanol–water partition coefficient (Wildman–Crippen LogP) is 6.48. The van der Waals surface area contributed by atoms with Gasteiger partial charge in [-0.05, 0) is 35.7 Å². The van der Waals surface area contributed by atoms with Gasteiger partial charge in [-0.1, -0.05) is 85.2 Å². The van der Waals surface area contributed by atoms with Crippen LogP contribution in [0, 0.1) is 0 Å². The first-order chi connectivity index (χ1) is 15.5. The molecule has 6 heteroatoms. The van der Waals surface area contributed by atoms with Crippen molar-refractivity contribution in [2.45, 2.75) is 19.8 Å². The molecule has 0 saturated carbocycles. The average Bonchev–Trinajstić information content (AvgIpc) is 3.25. The lowest BCUT2D eigenvalue weighted by atomic mass is 10.0. The second-order valence-corrected chi connectivity index (χ2v) is 8.34. The standard InChI is InChI=1S/C26H20ClN3O2/c1-16(2)17-8-10-19(11-9-17)25-28-23-22(18-6-4-3-5-7-18)29-32-24(23)26(31)30(25)21-14-12-20(27)13-15-21/h3-16H,1-2H3. The average molecular weight is 442 g/mol. The molecule has 0 aliphatic carbocycles. The molecule has 0 unspecified atom stereocenters. The summed E-state index contributed by atoms with van der Waals surface area (Å²) in [6, 6.07) is 24.8. The van der Waals surface area contributed by atoms with Gasteiger partial charge in [0.25, 0.3) is 5.58 Å². The van der Waals surface area contributed by atoms with Crippen LogP contribution < -0.4 is 5.56 Å². The highest BCUT2D eigenvalue weighted by atomic mass is 35.5. The Labute approximate surface area is 189 Å². The molecule has 2 heterocycles. The molecule has 0 saturated heterocycles. The topological polar surface area (TPSA) is 60.9 Å². The van der Waals surface area contributed by atoms with Crippen LogP contribution in [0.15, 0.2) is 88.2 Å². The highest BCUT2D eigenvalue weighted by molar-refractivity contribution is 6.30. The molecule has 0 fully saturated rings. The minimum absolute atomic E-state index is 0.112. The van der Waals surface area contributed by atoms with E-state index in [2.05, 4.69) is 31.1 Å². The highest BCUT2D eigenvalue weighted by Crippen LogP contribution is 2.29. The Hall–Kier alpha value is -3.70. The first-order valence-electron chi connectivity index (χ1n) is 10.4. The molecule has 0 radical (unpaired) electrons. The fraction of sp³-hybridized carbons (Fsp3) is 0.115. The van der Waals surface area contributed by atoms with E-state index in [1.165, 1.54) is 5.56 Å². The third-order valence-electron chi connectivity index (χ3n) is 5.46. The van der Waals surface area contributed by atoms with Crippen molar-refractivity contribution in [3.8, 4) is 28.3 Å². The lowest BCUT2D eigenvalue weighted by Crippen LogP contribution is -2.21. The summed E-state index contributed by atoms with van der Waals surface area (Å²) >= 11 is 6.08. The van der Waals surface area contributed by atoms with Gasteiger partial charge in [0.05, 0.1) is 5.69 Å². The molecule has 0 bridgehead atoms. The number of fused-ring (bicyclic) bond motifs is 1. The highest BCUT2D eigenvalue weighted by Gasteiger charge is 2.21. The summed E-state index contributed by atoms with van der Waals surface area (Å²) in [6.45, 7) is 4.29. The first-order valence-corrected chi connectivity index (χ1v) is 10.7. The molecule has 5 aromatic rings. The number of halogens is 1. The SMILES string of the molecule is CC(C)c1ccc(-c2nc3c(-c4ccccc4)noc3c(=O)n2-c2ccc(Cl)cc2)cc1. The van der Waals surface area contributed by atoms with Gasteiger partial charge in [-0.15, -0.1) is 0 Å². The molecule has 158 valence electrons. The van der Waals surface area contributed by atoms with Crippen LogP contribution in [0.5, 0.6) is 0 Å². The number of benzene rings is 3. The van der Waals surface area contributed by atoms with E-state index in [0.29, 0.717) is 33.7 Å². The quantitative estimate of drug-likeness (QED) is 0.320. The third-order valence-corrected chi connectivity index (χ3v) is 5.71. The summed E-state index contributed by atoms with van der Waals surface area (Å²) in [5, 5.41) is 4.76. The Kier molecular flexibility index (Phi) is 5.11. The molecule has 3 aromatic carbocycles. The van der Waals surface area contributed by atoms with Crippen molar-refractivity contribution < 1.29 is 4.52 Å². The Morgan fingerprint density at radius 1 is 0.875 bits per heavy atom. The van der Waals surface area contributed by atoms with Crippen LogP contribution in [0.2, 0.25) is 5.02 Å². The van der Waals surface area contributed by atoms with Crippen molar-refractivity contribution in [1.82, 2.24) is 14.7 Å². The van der Waals surface area contributed by atoms with Gasteiger partial charge in [-0.3, -0.25) is 9.36 Å². The van der Waals surface area contributed by atoms with E-state index in [0.717, 1.165) is 11.1 Å². The van der Waals surface area contributed by atoms with E-state index in [-0.39, 0.29) is 11.1 Å². The molecular weight excluding hydrogens is 422 g/mol. The van der Waals surface area contributed by atoms with Gasteiger partial charge < -0.3 is 4.52 Å². The Morgan fingerprint density at radius 3 is 2.22 bits per heavy atom. The Morgan fingerprint density at radius 2 is 1.56 bits per heavy atom. The summed E-state index contributed by atoms with van der Waals surface area (Å²) in [5.74, 6) is 0.918. The van der Waals surface area contributed by atoms with E-state index in [4.69, 9.17) is 21.1 Å². The lowest BCUT2D eigenvalue weighted by Gasteiger charge is -2.13. The summed E-state index contributed by atoms with van der Waals surface area (Å²) in [4.78, 5) is 18.5. The van der Waals surface area contributed by atoms with E-state index in [1.807, 2.05) is 42.5 Å². The second kappa shape index (κ2) is 8.09. The zero-order valence-electron chi connectivity index (χ0n) is 17.6. The van der Waals surface area contributed by atoms with Crippen LogP contribution in [0.1, 0.15) is 25.3 Å². The number of rotatable bonds is 4. The van der Waals surface area contributed by atoms with E-state index < -0.39 is 0 Å². The molecule has 0 amide bonds. The fourth-order valence-corrected chi connectivity index (χ4v) is 3.83. The largest absolute Gasteiger partial charge is 0.348 e. The van der Waals surface area contributed by atoms with Crippen LogP contribution in [0.4, 0.5) is 0 Å². The van der Waals surface area contributed by atoms with Gasteiger partial charge in [0.2, 0.25) is 0 Å². The van der Waals surface area contributed by atoms with Crippen LogP contribution in [-0.4, -0.2) is 14.7 Å². The molecule has 32 heavy (non-hydrogen) atoms. The maximum atomic E-state index is 13.6. The maximum Gasteiger partial charge on any atom is 0.304 e. The smallest absolute Gasteiger partial charge is 0.304 e.